The van der Waals surface area contributed by atoms with Gasteiger partial charge in [-0.1, -0.05) is 82.6 Å². The number of nitrogens with two attached hydrogens (primary N) is 1. The van der Waals surface area contributed by atoms with Crippen molar-refractivity contribution in [3.05, 3.63) is 0 Å². The van der Waals surface area contributed by atoms with Crippen molar-refractivity contribution in [3.63, 3.8) is 0 Å². The van der Waals surface area contributed by atoms with Gasteiger partial charge in [0.2, 0.25) is 17.7 Å². The molecule has 0 fully saturated rings. The lowest BCUT2D eigenvalue weighted by Gasteiger charge is -2.30. The van der Waals surface area contributed by atoms with Gasteiger partial charge in [0.1, 0.15) is 6.04 Å². The van der Waals surface area contributed by atoms with Crippen molar-refractivity contribution in [1.29, 1.82) is 0 Å². The third-order valence-corrected chi connectivity index (χ3v) is 7.07. The predicted octanol–water partition coefficient (Wildman–Crippen LogP) is 4.84. The Morgan fingerprint density at radius 1 is 0.674 bits per heavy atom. The van der Waals surface area contributed by atoms with Crippen molar-refractivity contribution in [2.75, 3.05) is 13.1 Å². The van der Waals surface area contributed by atoms with Gasteiger partial charge in [-0.3, -0.25) is 19.2 Å². The monoisotopic (exact) mass is 609 g/mol. The molecule has 0 unspecified atom stereocenters. The van der Waals surface area contributed by atoms with Crippen LogP contribution in [0.3, 0.4) is 0 Å². The number of urea groups is 1. The van der Waals surface area contributed by atoms with E-state index < -0.39 is 29.4 Å². The second-order valence-corrected chi connectivity index (χ2v) is 15.7. The Hall–Kier alpha value is -2.65. The highest BCUT2D eigenvalue weighted by Crippen LogP contribution is 2.33. The van der Waals surface area contributed by atoms with Crippen molar-refractivity contribution in [3.8, 4) is 0 Å². The van der Waals surface area contributed by atoms with Crippen molar-refractivity contribution in [2.45, 2.75) is 140 Å². The van der Waals surface area contributed by atoms with Gasteiger partial charge >= 0.3 is 6.03 Å². The average Bonchev–Trinajstić information content (AvgIpc) is 2.82. The van der Waals surface area contributed by atoms with E-state index in [9.17, 15) is 24.0 Å². The number of Topliss-reactive ketones (excluding diaryl/α,β-unsaturated/α-hetero) is 1. The van der Waals surface area contributed by atoms with E-state index in [1.54, 1.807) is 20.8 Å². The third-order valence-electron chi connectivity index (χ3n) is 7.07. The van der Waals surface area contributed by atoms with Gasteiger partial charge < -0.3 is 27.0 Å². The number of unbranched alkanes of at least 4 members (excludes halogenated alkanes) is 2. The molecule has 0 aliphatic heterocycles. The van der Waals surface area contributed by atoms with E-state index >= 15 is 0 Å². The molecule has 10 nitrogen and oxygen atoms in total. The largest absolute Gasteiger partial charge is 0.356 e. The van der Waals surface area contributed by atoms with Crippen LogP contribution in [-0.2, 0) is 19.2 Å². The maximum Gasteiger partial charge on any atom is 0.312 e. The van der Waals surface area contributed by atoms with E-state index in [4.69, 9.17) is 5.73 Å². The molecule has 0 aromatic carbocycles. The molecule has 0 radical (unpaired) electrons. The molecule has 10 heteroatoms. The Labute approximate surface area is 261 Å². The first-order valence-electron chi connectivity index (χ1n) is 16.0. The first-order chi connectivity index (χ1) is 19.5. The molecule has 0 heterocycles. The zero-order valence-corrected chi connectivity index (χ0v) is 29.0. The Morgan fingerprint density at radius 3 is 1.67 bits per heavy atom. The molecule has 0 aromatic heterocycles. The van der Waals surface area contributed by atoms with Gasteiger partial charge in [-0.25, -0.2) is 4.79 Å². The fourth-order valence-corrected chi connectivity index (χ4v) is 5.03. The smallest absolute Gasteiger partial charge is 0.312 e. The van der Waals surface area contributed by atoms with Crippen LogP contribution < -0.4 is 27.0 Å². The van der Waals surface area contributed by atoms with E-state index in [0.29, 0.717) is 32.4 Å². The summed E-state index contributed by atoms with van der Waals surface area (Å²) < 4.78 is 0. The number of hydrogen-bond acceptors (Lipinski definition) is 5. The van der Waals surface area contributed by atoms with Gasteiger partial charge in [0.15, 0.2) is 5.78 Å². The molecule has 0 saturated carbocycles. The number of primary amides is 1. The van der Waals surface area contributed by atoms with Crippen LogP contribution in [0.15, 0.2) is 0 Å². The summed E-state index contributed by atoms with van der Waals surface area (Å²) in [5, 5.41) is 11.3. The molecule has 0 bridgehead atoms. The van der Waals surface area contributed by atoms with Crippen LogP contribution >= 0.6 is 0 Å². The van der Waals surface area contributed by atoms with Crippen molar-refractivity contribution in [2.24, 2.45) is 33.8 Å². The van der Waals surface area contributed by atoms with E-state index in [1.807, 2.05) is 13.8 Å². The Morgan fingerprint density at radius 2 is 1.21 bits per heavy atom. The maximum absolute atomic E-state index is 13.2. The number of ketones is 1. The van der Waals surface area contributed by atoms with Crippen LogP contribution in [0.5, 0.6) is 0 Å². The highest BCUT2D eigenvalue weighted by molar-refractivity contribution is 5.95. The van der Waals surface area contributed by atoms with Gasteiger partial charge in [-0.2, -0.15) is 0 Å². The highest BCUT2D eigenvalue weighted by Gasteiger charge is 2.33. The molecular weight excluding hydrogens is 546 g/mol. The van der Waals surface area contributed by atoms with E-state index in [2.05, 4.69) is 62.8 Å². The maximum atomic E-state index is 13.2. The molecule has 6 N–H and O–H groups in total. The van der Waals surface area contributed by atoms with E-state index in [-0.39, 0.29) is 46.7 Å². The molecule has 2 atom stereocenters. The molecule has 250 valence electrons. The summed E-state index contributed by atoms with van der Waals surface area (Å²) in [6.07, 6.45) is 4.91. The molecule has 0 saturated heterocycles. The number of amides is 5. The van der Waals surface area contributed by atoms with Gasteiger partial charge in [0.05, 0.1) is 6.04 Å². The van der Waals surface area contributed by atoms with Gasteiger partial charge in [-0.15, -0.1) is 0 Å². The van der Waals surface area contributed by atoms with Crippen molar-refractivity contribution >= 4 is 29.5 Å². The molecule has 0 aliphatic rings. The SMILES string of the molecule is CC(C)[C@H](NC(=O)CCCCCNC(=O)C(CC(C)(C)C)CC(C)(C)C)C(=O)N[C@@H](CCCNC(N)=O)C(=O)C(C)(C)C. The van der Waals surface area contributed by atoms with E-state index in [1.165, 1.54) is 0 Å². The Balaban J connectivity index is 4.88. The normalized spacial score (nSPS) is 13.8. The van der Waals surface area contributed by atoms with Crippen molar-refractivity contribution < 1.29 is 24.0 Å². The number of carbonyl (C=O) groups is 5. The minimum Gasteiger partial charge on any atom is -0.356 e. The fraction of sp³-hybridized carbons (Fsp3) is 0.848. The lowest BCUT2D eigenvalue weighted by molar-refractivity contribution is -0.135. The number of nitrogens with one attached hydrogen (secondary N) is 4. The Kier molecular flexibility index (Phi) is 17.1. The minimum atomic E-state index is -0.784. The number of carbonyl (C=O) groups excluding carboxylic acids is 5. The molecular formula is C33H63N5O5. The molecule has 0 rings (SSSR count). The van der Waals surface area contributed by atoms with E-state index in [0.717, 1.165) is 25.7 Å². The second-order valence-electron chi connectivity index (χ2n) is 15.7. The van der Waals surface area contributed by atoms with Crippen LogP contribution in [0.25, 0.3) is 0 Å². The third kappa shape index (κ3) is 19.3. The molecule has 5 amide bonds. The zero-order valence-electron chi connectivity index (χ0n) is 29.0. The minimum absolute atomic E-state index is 0.0324. The highest BCUT2D eigenvalue weighted by atomic mass is 16.2. The first-order valence-corrected chi connectivity index (χ1v) is 16.0. The van der Waals surface area contributed by atoms with Gasteiger partial charge in [0, 0.05) is 30.8 Å². The van der Waals surface area contributed by atoms with Crippen molar-refractivity contribution in [1.82, 2.24) is 21.3 Å². The summed E-state index contributed by atoms with van der Waals surface area (Å²) in [6.45, 7) is 22.9. The standard InChI is InChI=1S/C33H63N5O5/c1-22(2)26(29(42)37-24(27(40)33(9,10)11)16-15-19-36-30(34)43)38-25(39)17-13-12-14-18-35-28(41)23(20-31(3,4)5)21-32(6,7)8/h22-24,26H,12-21H2,1-11H3,(H,35,41)(H,37,42)(H,38,39)(H3,34,36,43)/t24-,26-/m0/s1. The lowest BCUT2D eigenvalue weighted by atomic mass is 9.76. The average molecular weight is 610 g/mol. The zero-order chi connectivity index (χ0) is 33.6. The van der Waals surface area contributed by atoms with Gasteiger partial charge in [-0.05, 0) is 55.3 Å². The van der Waals surface area contributed by atoms with Crippen LogP contribution in [0.4, 0.5) is 4.79 Å². The molecule has 0 aliphatic carbocycles. The summed E-state index contributed by atoms with van der Waals surface area (Å²) >= 11 is 0. The summed E-state index contributed by atoms with van der Waals surface area (Å²) in [5.41, 5.74) is 4.57. The number of rotatable bonds is 18. The topological polar surface area (TPSA) is 159 Å². The summed E-state index contributed by atoms with van der Waals surface area (Å²) in [6, 6.07) is -2.17. The predicted molar refractivity (Wildman–Crippen MR) is 173 cm³/mol. The van der Waals surface area contributed by atoms with Crippen LogP contribution in [0.1, 0.15) is 128 Å². The van der Waals surface area contributed by atoms with Gasteiger partial charge in [0.25, 0.3) is 0 Å². The molecule has 0 aromatic rings. The lowest BCUT2D eigenvalue weighted by Crippen LogP contribution is -2.55. The Bertz CT molecular complexity index is 896. The summed E-state index contributed by atoms with van der Waals surface area (Å²) in [5.74, 6) is -0.871. The summed E-state index contributed by atoms with van der Waals surface area (Å²) in [7, 11) is 0. The fourth-order valence-electron chi connectivity index (χ4n) is 5.03. The quantitative estimate of drug-likeness (QED) is 0.140. The molecule has 43 heavy (non-hydrogen) atoms. The molecule has 0 spiro atoms. The number of hydrogen-bond donors (Lipinski definition) is 5. The second kappa shape index (κ2) is 18.2. The summed E-state index contributed by atoms with van der Waals surface area (Å²) in [4.78, 5) is 62.8. The van der Waals surface area contributed by atoms with Crippen LogP contribution in [-0.4, -0.2) is 54.7 Å². The first kappa shape index (κ1) is 40.4. The van der Waals surface area contributed by atoms with Crippen LogP contribution in [0, 0.1) is 28.1 Å². The van der Waals surface area contributed by atoms with Crippen LogP contribution in [0.2, 0.25) is 0 Å².